The van der Waals surface area contributed by atoms with Crippen LogP contribution in [0.5, 0.6) is 0 Å². The van der Waals surface area contributed by atoms with E-state index in [9.17, 15) is 14.0 Å². The first-order valence-corrected chi connectivity index (χ1v) is 11.7. The Balaban J connectivity index is 1.93. The van der Waals surface area contributed by atoms with E-state index >= 15 is 0 Å². The van der Waals surface area contributed by atoms with Gasteiger partial charge in [0.2, 0.25) is 11.8 Å². The third-order valence-corrected chi connectivity index (χ3v) is 5.70. The van der Waals surface area contributed by atoms with E-state index in [4.69, 9.17) is 0 Å². The first kappa shape index (κ1) is 25.2. The fourth-order valence-electron chi connectivity index (χ4n) is 3.75. The first-order chi connectivity index (χ1) is 16.3. The quantitative estimate of drug-likeness (QED) is 0.458. The normalized spacial score (nSPS) is 11.8. The summed E-state index contributed by atoms with van der Waals surface area (Å²) in [6, 6.07) is 22.9. The maximum absolute atomic E-state index is 13.6. The predicted molar refractivity (Wildman–Crippen MR) is 134 cm³/mol. The molecule has 1 N–H and O–H groups in total. The van der Waals surface area contributed by atoms with Crippen molar-refractivity contribution in [2.45, 2.75) is 46.2 Å². The second-order valence-corrected chi connectivity index (χ2v) is 9.16. The maximum atomic E-state index is 13.6. The molecule has 3 aromatic rings. The standard InChI is InChI=1S/C29H33FN2O2/c1-21(2)19-31-29(34)27(17-23-7-5-4-6-8-23)32(20-25-13-15-26(30)16-14-25)28(33)18-24-11-9-22(3)10-12-24/h4-16,21,27H,17-20H2,1-3H3,(H,31,34). The molecule has 0 bridgehead atoms. The molecule has 1 atom stereocenters. The van der Waals surface area contributed by atoms with Crippen LogP contribution >= 0.6 is 0 Å². The molecule has 3 aromatic carbocycles. The fourth-order valence-corrected chi connectivity index (χ4v) is 3.75. The smallest absolute Gasteiger partial charge is 0.243 e. The van der Waals surface area contributed by atoms with Gasteiger partial charge >= 0.3 is 0 Å². The second kappa shape index (κ2) is 12.1. The molecule has 2 amide bonds. The summed E-state index contributed by atoms with van der Waals surface area (Å²) in [4.78, 5) is 28.6. The molecule has 0 spiro atoms. The molecule has 0 saturated carbocycles. The summed E-state index contributed by atoms with van der Waals surface area (Å²) in [5, 5.41) is 3.01. The Morgan fingerprint density at radius 1 is 0.853 bits per heavy atom. The molecule has 0 heterocycles. The van der Waals surface area contributed by atoms with Crippen LogP contribution in [-0.2, 0) is 29.0 Å². The lowest BCUT2D eigenvalue weighted by atomic mass is 10.0. The van der Waals surface area contributed by atoms with Crippen molar-refractivity contribution in [3.8, 4) is 0 Å². The van der Waals surface area contributed by atoms with Crippen LogP contribution in [0.15, 0.2) is 78.9 Å². The van der Waals surface area contributed by atoms with E-state index in [0.29, 0.717) is 13.0 Å². The number of hydrogen-bond donors (Lipinski definition) is 1. The van der Waals surface area contributed by atoms with E-state index in [1.165, 1.54) is 12.1 Å². The van der Waals surface area contributed by atoms with Gasteiger partial charge in [0.15, 0.2) is 0 Å². The molecule has 0 aromatic heterocycles. The molecule has 178 valence electrons. The first-order valence-electron chi connectivity index (χ1n) is 11.7. The van der Waals surface area contributed by atoms with E-state index in [1.54, 1.807) is 17.0 Å². The van der Waals surface area contributed by atoms with Gasteiger partial charge < -0.3 is 10.2 Å². The van der Waals surface area contributed by atoms with Crippen molar-refractivity contribution in [2.75, 3.05) is 6.54 Å². The monoisotopic (exact) mass is 460 g/mol. The SMILES string of the molecule is Cc1ccc(CC(=O)N(Cc2ccc(F)cc2)C(Cc2ccccc2)C(=O)NCC(C)C)cc1. The second-order valence-electron chi connectivity index (χ2n) is 9.16. The summed E-state index contributed by atoms with van der Waals surface area (Å²) in [5.74, 6) is -0.377. The zero-order valence-electron chi connectivity index (χ0n) is 20.1. The highest BCUT2D eigenvalue weighted by Gasteiger charge is 2.30. The molecule has 0 aliphatic heterocycles. The zero-order valence-corrected chi connectivity index (χ0v) is 20.1. The van der Waals surface area contributed by atoms with Gasteiger partial charge in [0.05, 0.1) is 6.42 Å². The largest absolute Gasteiger partial charge is 0.354 e. The van der Waals surface area contributed by atoms with Crippen molar-refractivity contribution in [1.82, 2.24) is 10.2 Å². The number of aryl methyl sites for hydroxylation is 1. The van der Waals surface area contributed by atoms with Crippen LogP contribution in [0.4, 0.5) is 4.39 Å². The Bertz CT molecular complexity index is 1060. The number of nitrogens with one attached hydrogen (secondary N) is 1. The minimum Gasteiger partial charge on any atom is -0.354 e. The average Bonchev–Trinajstić information content (AvgIpc) is 2.83. The van der Waals surface area contributed by atoms with Gasteiger partial charge in [-0.05, 0) is 41.7 Å². The summed E-state index contributed by atoms with van der Waals surface area (Å²) < 4.78 is 13.5. The van der Waals surface area contributed by atoms with Crippen molar-refractivity contribution in [1.29, 1.82) is 0 Å². The van der Waals surface area contributed by atoms with E-state index in [2.05, 4.69) is 5.32 Å². The van der Waals surface area contributed by atoms with Crippen LogP contribution in [0, 0.1) is 18.7 Å². The van der Waals surface area contributed by atoms with Crippen molar-refractivity contribution in [3.63, 3.8) is 0 Å². The van der Waals surface area contributed by atoms with Gasteiger partial charge in [-0.1, -0.05) is 86.1 Å². The Hall–Kier alpha value is -3.47. The van der Waals surface area contributed by atoms with Crippen molar-refractivity contribution < 1.29 is 14.0 Å². The minimum atomic E-state index is -0.691. The van der Waals surface area contributed by atoms with Crippen LogP contribution in [0.1, 0.15) is 36.1 Å². The Morgan fingerprint density at radius 2 is 1.47 bits per heavy atom. The van der Waals surface area contributed by atoms with Gasteiger partial charge in [-0.15, -0.1) is 0 Å². The highest BCUT2D eigenvalue weighted by molar-refractivity contribution is 5.88. The zero-order chi connectivity index (χ0) is 24.5. The van der Waals surface area contributed by atoms with Crippen molar-refractivity contribution in [2.24, 2.45) is 5.92 Å². The van der Waals surface area contributed by atoms with Gasteiger partial charge in [0.1, 0.15) is 11.9 Å². The summed E-state index contributed by atoms with van der Waals surface area (Å²) in [6.45, 7) is 6.82. The van der Waals surface area contributed by atoms with Gasteiger partial charge in [-0.3, -0.25) is 9.59 Å². The molecule has 1 unspecified atom stereocenters. The van der Waals surface area contributed by atoms with Crippen LogP contribution in [-0.4, -0.2) is 29.3 Å². The molecule has 4 nitrogen and oxygen atoms in total. The molecule has 0 fully saturated rings. The third-order valence-electron chi connectivity index (χ3n) is 5.70. The molecule has 5 heteroatoms. The number of amides is 2. The maximum Gasteiger partial charge on any atom is 0.243 e. The Morgan fingerprint density at radius 3 is 2.09 bits per heavy atom. The lowest BCUT2D eigenvalue weighted by Gasteiger charge is -2.32. The number of halogens is 1. The minimum absolute atomic E-state index is 0.145. The van der Waals surface area contributed by atoms with Gasteiger partial charge in [0, 0.05) is 19.5 Å². The number of rotatable bonds is 10. The summed E-state index contributed by atoms with van der Waals surface area (Å²) in [6.07, 6.45) is 0.579. The van der Waals surface area contributed by atoms with E-state index in [-0.39, 0.29) is 36.5 Å². The lowest BCUT2D eigenvalue weighted by Crippen LogP contribution is -2.51. The highest BCUT2D eigenvalue weighted by atomic mass is 19.1. The molecule has 3 rings (SSSR count). The number of carbonyl (C=O) groups excluding carboxylic acids is 2. The molecule has 0 aliphatic rings. The fraction of sp³-hybridized carbons (Fsp3) is 0.310. The van der Waals surface area contributed by atoms with Crippen LogP contribution in [0.2, 0.25) is 0 Å². The number of carbonyl (C=O) groups is 2. The van der Waals surface area contributed by atoms with Gasteiger partial charge in [-0.25, -0.2) is 4.39 Å². The number of hydrogen-bond acceptors (Lipinski definition) is 2. The lowest BCUT2D eigenvalue weighted by molar-refractivity contribution is -0.140. The number of benzene rings is 3. The molecule has 0 saturated heterocycles. The third kappa shape index (κ3) is 7.55. The number of nitrogens with zero attached hydrogens (tertiary/aromatic N) is 1. The summed E-state index contributed by atoms with van der Waals surface area (Å²) in [7, 11) is 0. The van der Waals surface area contributed by atoms with E-state index in [0.717, 1.165) is 22.3 Å². The van der Waals surface area contributed by atoms with E-state index < -0.39 is 6.04 Å². The summed E-state index contributed by atoms with van der Waals surface area (Å²) >= 11 is 0. The molecular weight excluding hydrogens is 427 g/mol. The van der Waals surface area contributed by atoms with Crippen LogP contribution in [0.25, 0.3) is 0 Å². The Kier molecular flexibility index (Phi) is 8.97. The van der Waals surface area contributed by atoms with Crippen molar-refractivity contribution >= 4 is 11.8 Å². The molecule has 34 heavy (non-hydrogen) atoms. The van der Waals surface area contributed by atoms with Crippen LogP contribution < -0.4 is 5.32 Å². The highest BCUT2D eigenvalue weighted by Crippen LogP contribution is 2.17. The average molecular weight is 461 g/mol. The Labute approximate surface area is 201 Å². The topological polar surface area (TPSA) is 49.4 Å². The molecule has 0 radical (unpaired) electrons. The molecular formula is C29H33FN2O2. The molecule has 0 aliphatic carbocycles. The van der Waals surface area contributed by atoms with E-state index in [1.807, 2.05) is 75.4 Å². The summed E-state index contributed by atoms with van der Waals surface area (Å²) in [5.41, 5.74) is 3.75. The van der Waals surface area contributed by atoms with Gasteiger partial charge in [-0.2, -0.15) is 0 Å². The van der Waals surface area contributed by atoms with Crippen LogP contribution in [0.3, 0.4) is 0 Å². The van der Waals surface area contributed by atoms with Gasteiger partial charge in [0.25, 0.3) is 0 Å². The van der Waals surface area contributed by atoms with Crippen molar-refractivity contribution in [3.05, 3.63) is 107 Å². The predicted octanol–water partition coefficient (Wildman–Crippen LogP) is 5.09.